The van der Waals surface area contributed by atoms with Crippen molar-refractivity contribution >= 4 is 46.6 Å². The molecule has 1 atom stereocenters. The summed E-state index contributed by atoms with van der Waals surface area (Å²) in [7, 11) is 0. The van der Waals surface area contributed by atoms with Gasteiger partial charge in [-0.05, 0) is 25.1 Å². The third kappa shape index (κ3) is 4.76. The lowest BCUT2D eigenvalue weighted by atomic mass is 10.3. The lowest BCUT2D eigenvalue weighted by Gasteiger charge is -2.12. The van der Waals surface area contributed by atoms with E-state index in [1.54, 1.807) is 18.2 Å². The van der Waals surface area contributed by atoms with E-state index in [2.05, 4.69) is 5.32 Å². The first-order chi connectivity index (χ1) is 8.04. The zero-order valence-corrected chi connectivity index (χ0v) is 11.7. The molecule has 0 bridgehead atoms. The Bertz CT molecular complexity index is 401. The quantitative estimate of drug-likeness (QED) is 0.877. The van der Waals surface area contributed by atoms with Crippen molar-refractivity contribution in [1.82, 2.24) is 0 Å². The highest BCUT2D eigenvalue weighted by Crippen LogP contribution is 2.26. The van der Waals surface area contributed by atoms with Gasteiger partial charge in [0.1, 0.15) is 0 Å². The second kappa shape index (κ2) is 7.11. The van der Waals surface area contributed by atoms with Gasteiger partial charge < -0.3 is 11.1 Å². The van der Waals surface area contributed by atoms with Crippen LogP contribution in [-0.4, -0.2) is 23.5 Å². The summed E-state index contributed by atoms with van der Waals surface area (Å²) >= 11 is 13.3. The summed E-state index contributed by atoms with van der Waals surface area (Å²) in [4.78, 5) is 11.8. The van der Waals surface area contributed by atoms with Crippen molar-refractivity contribution in [1.29, 1.82) is 0 Å². The standard InChI is InChI=1S/C11H14Cl2N2OS/c1-7(17-5-4-14)11(16)15-10-6-8(12)2-3-9(10)13/h2-3,6-7H,4-5,14H2,1H3,(H,15,16). The van der Waals surface area contributed by atoms with Gasteiger partial charge >= 0.3 is 0 Å². The van der Waals surface area contributed by atoms with Crippen LogP contribution < -0.4 is 11.1 Å². The second-order valence-corrected chi connectivity index (χ2v) is 5.71. The van der Waals surface area contributed by atoms with Gasteiger partial charge in [-0.1, -0.05) is 23.2 Å². The zero-order chi connectivity index (χ0) is 12.8. The van der Waals surface area contributed by atoms with Crippen LogP contribution in [0.1, 0.15) is 6.92 Å². The summed E-state index contributed by atoms with van der Waals surface area (Å²) in [6.07, 6.45) is 0. The van der Waals surface area contributed by atoms with E-state index in [4.69, 9.17) is 28.9 Å². The molecule has 0 saturated carbocycles. The molecular weight excluding hydrogens is 279 g/mol. The predicted octanol–water partition coefficient (Wildman–Crippen LogP) is 3.01. The highest BCUT2D eigenvalue weighted by atomic mass is 35.5. The number of benzene rings is 1. The number of hydrogen-bond donors (Lipinski definition) is 2. The van der Waals surface area contributed by atoms with Gasteiger partial charge in [-0.15, -0.1) is 11.8 Å². The number of nitrogens with two attached hydrogens (primary N) is 1. The van der Waals surface area contributed by atoms with Gasteiger partial charge in [0.2, 0.25) is 5.91 Å². The molecule has 1 aromatic carbocycles. The van der Waals surface area contributed by atoms with E-state index in [1.807, 2.05) is 6.92 Å². The van der Waals surface area contributed by atoms with Crippen molar-refractivity contribution in [2.24, 2.45) is 5.73 Å². The number of carbonyl (C=O) groups is 1. The van der Waals surface area contributed by atoms with Crippen molar-refractivity contribution in [2.45, 2.75) is 12.2 Å². The van der Waals surface area contributed by atoms with Crippen LogP contribution in [0.2, 0.25) is 10.0 Å². The van der Waals surface area contributed by atoms with Crippen LogP contribution in [0.3, 0.4) is 0 Å². The lowest BCUT2D eigenvalue weighted by Crippen LogP contribution is -2.23. The summed E-state index contributed by atoms with van der Waals surface area (Å²) < 4.78 is 0. The number of halogens is 2. The van der Waals surface area contributed by atoms with Gasteiger partial charge in [0.05, 0.1) is 16.0 Å². The Labute approximate surface area is 115 Å². The van der Waals surface area contributed by atoms with Gasteiger partial charge in [-0.25, -0.2) is 0 Å². The molecule has 1 aromatic rings. The van der Waals surface area contributed by atoms with E-state index in [0.29, 0.717) is 22.3 Å². The maximum absolute atomic E-state index is 11.8. The monoisotopic (exact) mass is 292 g/mol. The van der Waals surface area contributed by atoms with Crippen molar-refractivity contribution in [3.8, 4) is 0 Å². The highest BCUT2D eigenvalue weighted by Gasteiger charge is 2.14. The Morgan fingerprint density at radius 1 is 1.53 bits per heavy atom. The van der Waals surface area contributed by atoms with Crippen molar-refractivity contribution in [3.05, 3.63) is 28.2 Å². The number of nitrogens with one attached hydrogen (secondary N) is 1. The Balaban J connectivity index is 2.64. The molecule has 0 radical (unpaired) electrons. The number of rotatable bonds is 5. The van der Waals surface area contributed by atoms with Crippen molar-refractivity contribution in [2.75, 3.05) is 17.6 Å². The van der Waals surface area contributed by atoms with Gasteiger partial charge in [-0.3, -0.25) is 4.79 Å². The van der Waals surface area contributed by atoms with Gasteiger partial charge in [-0.2, -0.15) is 0 Å². The Kier molecular flexibility index (Phi) is 6.12. The molecule has 3 N–H and O–H groups in total. The van der Waals surface area contributed by atoms with Crippen LogP contribution in [0.5, 0.6) is 0 Å². The lowest BCUT2D eigenvalue weighted by molar-refractivity contribution is -0.115. The Morgan fingerprint density at radius 2 is 2.24 bits per heavy atom. The van der Waals surface area contributed by atoms with Crippen LogP contribution in [-0.2, 0) is 4.79 Å². The summed E-state index contributed by atoms with van der Waals surface area (Å²) in [5.74, 6) is 0.644. The predicted molar refractivity (Wildman–Crippen MR) is 76.1 cm³/mol. The van der Waals surface area contributed by atoms with E-state index in [-0.39, 0.29) is 11.2 Å². The summed E-state index contributed by atoms with van der Waals surface area (Å²) in [5.41, 5.74) is 5.91. The number of hydrogen-bond acceptors (Lipinski definition) is 3. The normalized spacial score (nSPS) is 12.2. The molecule has 94 valence electrons. The smallest absolute Gasteiger partial charge is 0.237 e. The van der Waals surface area contributed by atoms with Gasteiger partial charge in [0, 0.05) is 17.3 Å². The fraction of sp³-hybridized carbons (Fsp3) is 0.364. The van der Waals surface area contributed by atoms with Crippen LogP contribution in [0, 0.1) is 0 Å². The van der Waals surface area contributed by atoms with Crippen molar-refractivity contribution < 1.29 is 4.79 Å². The number of amides is 1. The minimum atomic E-state index is -0.173. The molecule has 6 heteroatoms. The molecule has 0 aliphatic carbocycles. The van der Waals surface area contributed by atoms with Crippen LogP contribution in [0.15, 0.2) is 18.2 Å². The zero-order valence-electron chi connectivity index (χ0n) is 9.37. The molecular formula is C11H14Cl2N2OS. The minimum Gasteiger partial charge on any atom is -0.330 e. The summed E-state index contributed by atoms with van der Waals surface area (Å²) in [5, 5.41) is 3.58. The third-order valence-electron chi connectivity index (χ3n) is 2.04. The molecule has 0 aliphatic rings. The van der Waals surface area contributed by atoms with E-state index in [9.17, 15) is 4.79 Å². The molecule has 0 aromatic heterocycles. The minimum absolute atomic E-state index is 0.104. The first-order valence-corrected chi connectivity index (χ1v) is 6.92. The van der Waals surface area contributed by atoms with Gasteiger partial charge in [0.15, 0.2) is 0 Å². The molecule has 1 unspecified atom stereocenters. The fourth-order valence-electron chi connectivity index (χ4n) is 1.15. The van der Waals surface area contributed by atoms with E-state index in [0.717, 1.165) is 5.75 Å². The second-order valence-electron chi connectivity index (χ2n) is 3.42. The fourth-order valence-corrected chi connectivity index (χ4v) is 2.18. The molecule has 1 rings (SSSR count). The molecule has 0 heterocycles. The Morgan fingerprint density at radius 3 is 2.88 bits per heavy atom. The summed E-state index contributed by atoms with van der Waals surface area (Å²) in [6.45, 7) is 2.38. The SMILES string of the molecule is CC(SCCN)C(=O)Nc1cc(Cl)ccc1Cl. The molecule has 17 heavy (non-hydrogen) atoms. The summed E-state index contributed by atoms with van der Waals surface area (Å²) in [6, 6.07) is 4.95. The number of anilines is 1. The largest absolute Gasteiger partial charge is 0.330 e. The first-order valence-electron chi connectivity index (χ1n) is 5.12. The topological polar surface area (TPSA) is 55.1 Å². The average molecular weight is 293 g/mol. The first kappa shape index (κ1) is 14.6. The maximum Gasteiger partial charge on any atom is 0.237 e. The molecule has 1 amide bonds. The van der Waals surface area contributed by atoms with Gasteiger partial charge in [0.25, 0.3) is 0 Å². The van der Waals surface area contributed by atoms with Crippen LogP contribution in [0.4, 0.5) is 5.69 Å². The molecule has 0 aliphatic heterocycles. The van der Waals surface area contributed by atoms with E-state index >= 15 is 0 Å². The third-order valence-corrected chi connectivity index (χ3v) is 3.79. The van der Waals surface area contributed by atoms with Crippen molar-refractivity contribution in [3.63, 3.8) is 0 Å². The van der Waals surface area contributed by atoms with E-state index in [1.165, 1.54) is 11.8 Å². The molecule has 0 fully saturated rings. The maximum atomic E-state index is 11.8. The Hall–Kier alpha value is -0.420. The number of thioether (sulfide) groups is 1. The molecule has 0 spiro atoms. The van der Waals surface area contributed by atoms with Crippen LogP contribution in [0.25, 0.3) is 0 Å². The van der Waals surface area contributed by atoms with E-state index < -0.39 is 0 Å². The molecule has 3 nitrogen and oxygen atoms in total. The number of carbonyl (C=O) groups excluding carboxylic acids is 1. The van der Waals surface area contributed by atoms with Crippen LogP contribution >= 0.6 is 35.0 Å². The average Bonchev–Trinajstić information content (AvgIpc) is 2.30. The highest BCUT2D eigenvalue weighted by molar-refractivity contribution is 8.00. The molecule has 0 saturated heterocycles.